The molecule has 0 spiro atoms. The van der Waals surface area contributed by atoms with E-state index in [0.717, 1.165) is 11.1 Å². The molecule has 0 atom stereocenters. The lowest BCUT2D eigenvalue weighted by Gasteiger charge is -2.21. The van der Waals surface area contributed by atoms with Crippen LogP contribution in [0.15, 0.2) is 170 Å². The van der Waals surface area contributed by atoms with Crippen LogP contribution in [0.25, 0.3) is 0 Å². The van der Waals surface area contributed by atoms with Crippen LogP contribution in [-0.2, 0) is 9.13 Å². The monoisotopic (exact) mass is 693 g/mol. The highest BCUT2D eigenvalue weighted by atomic mass is 31.2. The third kappa shape index (κ3) is 9.34. The summed E-state index contributed by atoms with van der Waals surface area (Å²) in [5.74, 6) is 1.97. The zero-order valence-electron chi connectivity index (χ0n) is 26.4. The normalized spacial score (nSPS) is 11.4. The molecule has 6 aromatic carbocycles. The molecule has 6 aromatic rings. The Morgan fingerprint density at radius 3 is 0.816 bits per heavy atom. The van der Waals surface area contributed by atoms with Gasteiger partial charge >= 0.3 is 15.6 Å². The van der Waals surface area contributed by atoms with E-state index < -0.39 is 15.6 Å². The number of hydrogen-bond acceptors (Lipinski definition) is 9. The van der Waals surface area contributed by atoms with Crippen LogP contribution in [0.2, 0.25) is 0 Å². The van der Waals surface area contributed by atoms with Crippen molar-refractivity contribution in [3.63, 3.8) is 0 Å². The van der Waals surface area contributed by atoms with Crippen molar-refractivity contribution in [2.45, 2.75) is 6.04 Å². The van der Waals surface area contributed by atoms with Gasteiger partial charge in [0.1, 0.15) is 34.5 Å². The third-order valence-electron chi connectivity index (χ3n) is 6.99. The molecule has 0 aliphatic carbocycles. The maximum absolute atomic E-state index is 13.8. The molecule has 0 amide bonds. The van der Waals surface area contributed by atoms with Gasteiger partial charge in [0.2, 0.25) is 0 Å². The fourth-order valence-electron chi connectivity index (χ4n) is 4.78. The zero-order valence-corrected chi connectivity index (χ0v) is 28.2. The molecule has 0 unspecified atom stereocenters. The summed E-state index contributed by atoms with van der Waals surface area (Å²) in [6.07, 6.45) is 0. The van der Waals surface area contributed by atoms with Gasteiger partial charge in [-0.1, -0.05) is 97.1 Å². The lowest BCUT2D eigenvalue weighted by Crippen LogP contribution is -2.17. The summed E-state index contributed by atoms with van der Waals surface area (Å²) < 4.78 is 62.3. The highest BCUT2D eigenvalue weighted by molar-refractivity contribution is 7.50. The Labute approximate surface area is 285 Å². The van der Waals surface area contributed by atoms with Crippen LogP contribution in [0.5, 0.6) is 34.5 Å². The summed E-state index contributed by atoms with van der Waals surface area (Å²) in [6, 6.07) is 48.8. The molecule has 9 nitrogen and oxygen atoms in total. The van der Waals surface area contributed by atoms with Gasteiger partial charge in [-0.05, 0) is 91.0 Å². The molecule has 11 heteroatoms. The lowest BCUT2D eigenvalue weighted by atomic mass is 9.99. The molecule has 6 rings (SSSR count). The number of hydrogen-bond donors (Lipinski definition) is 1. The average molecular weight is 694 g/mol. The molecule has 49 heavy (non-hydrogen) atoms. The van der Waals surface area contributed by atoms with E-state index >= 15 is 0 Å². The van der Waals surface area contributed by atoms with Gasteiger partial charge in [0.25, 0.3) is 0 Å². The van der Waals surface area contributed by atoms with Gasteiger partial charge in [0.15, 0.2) is 0 Å². The van der Waals surface area contributed by atoms with Gasteiger partial charge in [-0.25, -0.2) is 0 Å². The smallest absolute Gasteiger partial charge is 0.386 e. The molecule has 0 saturated carbocycles. The van der Waals surface area contributed by atoms with Crippen LogP contribution >= 0.6 is 15.6 Å². The highest BCUT2D eigenvalue weighted by Crippen LogP contribution is 2.51. The maximum Gasteiger partial charge on any atom is 0.647 e. The van der Waals surface area contributed by atoms with Crippen LogP contribution in [0.1, 0.15) is 17.2 Å². The summed E-state index contributed by atoms with van der Waals surface area (Å²) in [7, 11) is -6.42. The van der Waals surface area contributed by atoms with Crippen LogP contribution in [0.3, 0.4) is 0 Å². The quantitative estimate of drug-likeness (QED) is 0.105. The standard InChI is InChI=1S/C38H33NO8P2/c1-39-38(30-22-26-36(27-23-30)46-48(40,42-32-14-6-2-7-15-32)43-33-16-8-3-9-17-33)31-24-28-37(29-25-31)47-49(41,44-34-18-10-4-11-19-34)45-35-20-12-5-13-21-35/h2-29,38-39H,1H3. The van der Waals surface area contributed by atoms with E-state index in [2.05, 4.69) is 5.32 Å². The Morgan fingerprint density at radius 1 is 0.367 bits per heavy atom. The van der Waals surface area contributed by atoms with Crippen molar-refractivity contribution in [2.24, 2.45) is 0 Å². The number of benzene rings is 6. The number of rotatable bonds is 15. The molecule has 0 aliphatic heterocycles. The van der Waals surface area contributed by atoms with Crippen LogP contribution in [-0.4, -0.2) is 7.05 Å². The van der Waals surface area contributed by atoms with E-state index in [-0.39, 0.29) is 6.04 Å². The van der Waals surface area contributed by atoms with Crippen LogP contribution in [0, 0.1) is 0 Å². The topological polar surface area (TPSA) is 102 Å². The largest absolute Gasteiger partial charge is 0.647 e. The lowest BCUT2D eigenvalue weighted by molar-refractivity contribution is 0.296. The molecule has 0 saturated heterocycles. The van der Waals surface area contributed by atoms with Gasteiger partial charge in [-0.2, -0.15) is 9.13 Å². The maximum atomic E-state index is 13.8. The second-order valence-electron chi connectivity index (χ2n) is 10.6. The predicted molar refractivity (Wildman–Crippen MR) is 189 cm³/mol. The SMILES string of the molecule is CNC(c1ccc(OP(=O)(Oc2ccccc2)Oc2ccccc2)cc1)c1ccc(OP(=O)(Oc2ccccc2)Oc2ccccc2)cc1. The van der Waals surface area contributed by atoms with Crippen molar-refractivity contribution in [1.29, 1.82) is 0 Å². The summed E-state index contributed by atoms with van der Waals surface area (Å²) in [6.45, 7) is 0. The summed E-state index contributed by atoms with van der Waals surface area (Å²) in [5.41, 5.74) is 1.80. The average Bonchev–Trinajstić information content (AvgIpc) is 3.11. The highest BCUT2D eigenvalue weighted by Gasteiger charge is 2.34. The number of phosphoric acid groups is 2. The van der Waals surface area contributed by atoms with Crippen molar-refractivity contribution < 1.29 is 36.3 Å². The first-order chi connectivity index (χ1) is 23.9. The van der Waals surface area contributed by atoms with Gasteiger partial charge in [-0.15, -0.1) is 0 Å². The predicted octanol–water partition coefficient (Wildman–Crippen LogP) is 10.3. The fourth-order valence-corrected chi connectivity index (χ4v) is 7.28. The van der Waals surface area contributed by atoms with Crippen molar-refractivity contribution in [3.8, 4) is 34.5 Å². The van der Waals surface area contributed by atoms with Crippen molar-refractivity contribution in [2.75, 3.05) is 7.05 Å². The van der Waals surface area contributed by atoms with Crippen molar-refractivity contribution >= 4 is 15.6 Å². The second kappa shape index (κ2) is 15.6. The molecular weight excluding hydrogens is 660 g/mol. The van der Waals surface area contributed by atoms with E-state index in [0.29, 0.717) is 34.5 Å². The van der Waals surface area contributed by atoms with Gasteiger partial charge in [-0.3, -0.25) is 0 Å². The molecule has 0 radical (unpaired) electrons. The first kappa shape index (κ1) is 33.4. The number of para-hydroxylation sites is 4. The Balaban J connectivity index is 1.17. The molecule has 0 aromatic heterocycles. The van der Waals surface area contributed by atoms with Gasteiger partial charge < -0.3 is 32.5 Å². The van der Waals surface area contributed by atoms with E-state index in [9.17, 15) is 9.13 Å². The molecular formula is C38H33NO8P2. The first-order valence-electron chi connectivity index (χ1n) is 15.3. The minimum atomic E-state index is -4.13. The Hall–Kier alpha value is -5.46. The Bertz CT molecular complexity index is 1760. The van der Waals surface area contributed by atoms with Crippen molar-refractivity contribution in [1.82, 2.24) is 5.32 Å². The van der Waals surface area contributed by atoms with E-state index in [4.69, 9.17) is 27.1 Å². The first-order valence-corrected chi connectivity index (χ1v) is 18.3. The molecule has 0 aliphatic rings. The van der Waals surface area contributed by atoms with Gasteiger partial charge in [0.05, 0.1) is 6.04 Å². The Morgan fingerprint density at radius 2 is 0.592 bits per heavy atom. The third-order valence-corrected chi connectivity index (χ3v) is 9.60. The molecule has 0 fully saturated rings. The second-order valence-corrected chi connectivity index (χ2v) is 13.4. The number of nitrogens with one attached hydrogen (secondary N) is 1. The van der Waals surface area contributed by atoms with Crippen LogP contribution in [0.4, 0.5) is 0 Å². The van der Waals surface area contributed by atoms with E-state index in [1.165, 1.54) is 0 Å². The summed E-state index contributed by atoms with van der Waals surface area (Å²) in [5, 5.41) is 3.31. The molecule has 0 heterocycles. The summed E-state index contributed by atoms with van der Waals surface area (Å²) in [4.78, 5) is 0. The fraction of sp³-hybridized carbons (Fsp3) is 0.0526. The number of phosphoric ester groups is 2. The molecule has 248 valence electrons. The molecule has 0 bridgehead atoms. The molecule has 1 N–H and O–H groups in total. The van der Waals surface area contributed by atoms with Crippen molar-refractivity contribution in [3.05, 3.63) is 181 Å². The minimum absolute atomic E-state index is 0.232. The van der Waals surface area contributed by atoms with Crippen LogP contribution < -0.4 is 32.5 Å². The zero-order chi connectivity index (χ0) is 33.9. The van der Waals surface area contributed by atoms with E-state index in [1.807, 2.05) is 55.6 Å². The van der Waals surface area contributed by atoms with Gasteiger partial charge in [0, 0.05) is 0 Å². The van der Waals surface area contributed by atoms with E-state index in [1.54, 1.807) is 121 Å². The Kier molecular flexibility index (Phi) is 10.7. The summed E-state index contributed by atoms with van der Waals surface area (Å²) >= 11 is 0. The minimum Gasteiger partial charge on any atom is -0.386 e.